The molecule has 1 aliphatic heterocycles. The van der Waals surface area contributed by atoms with Crippen LogP contribution in [0.3, 0.4) is 0 Å². The molecule has 0 bridgehead atoms. The molecule has 1 saturated heterocycles. The van der Waals surface area contributed by atoms with Crippen LogP contribution in [0.2, 0.25) is 0 Å². The Hall–Kier alpha value is -1.28. The van der Waals surface area contributed by atoms with Crippen LogP contribution in [-0.2, 0) is 11.3 Å². The van der Waals surface area contributed by atoms with Crippen molar-refractivity contribution in [2.75, 3.05) is 33.3 Å². The minimum atomic E-state index is 0.230. The van der Waals surface area contributed by atoms with Crippen LogP contribution in [0.15, 0.2) is 21.9 Å². The van der Waals surface area contributed by atoms with Crippen LogP contribution in [0.1, 0.15) is 5.89 Å². The molecule has 0 radical (unpaired) electrons. The van der Waals surface area contributed by atoms with Gasteiger partial charge in [0.2, 0.25) is 5.89 Å². The van der Waals surface area contributed by atoms with Gasteiger partial charge in [0.25, 0.3) is 5.89 Å². The molecule has 1 atom stereocenters. The van der Waals surface area contributed by atoms with Gasteiger partial charge in [-0.15, -0.1) is 21.5 Å². The van der Waals surface area contributed by atoms with Crippen LogP contribution in [0.25, 0.3) is 10.8 Å². The molecule has 20 heavy (non-hydrogen) atoms. The summed E-state index contributed by atoms with van der Waals surface area (Å²) < 4.78 is 11.4. The fourth-order valence-corrected chi connectivity index (χ4v) is 2.84. The number of ether oxygens (including phenoxy) is 1. The molecule has 1 N–H and O–H groups in total. The highest BCUT2D eigenvalue weighted by molar-refractivity contribution is 7.13. The summed E-state index contributed by atoms with van der Waals surface area (Å²) in [5.74, 6) is 1.23. The molecular formula is C13H18N4O2S. The number of nitrogens with zero attached hydrogens (tertiary/aromatic N) is 3. The van der Waals surface area contributed by atoms with Gasteiger partial charge >= 0.3 is 0 Å². The normalized spacial score (nSPS) is 19.6. The molecule has 2 aromatic heterocycles. The van der Waals surface area contributed by atoms with E-state index in [1.807, 2.05) is 24.6 Å². The summed E-state index contributed by atoms with van der Waals surface area (Å²) in [6.07, 6.45) is 0.230. The standard InChI is InChI=1S/C13H18N4O2S/c1-17(8-10-7-14-4-5-18-10)9-12-15-16-13(19-12)11-3-2-6-20-11/h2-3,6,10,14H,4-5,7-9H2,1H3. The number of morpholine rings is 1. The number of thiophene rings is 1. The van der Waals surface area contributed by atoms with E-state index in [9.17, 15) is 0 Å². The molecule has 2 aromatic rings. The SMILES string of the molecule is CN(Cc1nnc(-c2cccs2)o1)CC1CNCCO1. The maximum Gasteiger partial charge on any atom is 0.257 e. The number of rotatable bonds is 5. The zero-order valence-electron chi connectivity index (χ0n) is 11.4. The van der Waals surface area contributed by atoms with Gasteiger partial charge in [-0.2, -0.15) is 0 Å². The Morgan fingerprint density at radius 1 is 1.50 bits per heavy atom. The first-order valence-electron chi connectivity index (χ1n) is 6.68. The van der Waals surface area contributed by atoms with E-state index in [1.165, 1.54) is 0 Å². The molecule has 3 rings (SSSR count). The van der Waals surface area contributed by atoms with E-state index in [-0.39, 0.29) is 6.10 Å². The maximum absolute atomic E-state index is 5.68. The number of likely N-dealkylation sites (N-methyl/N-ethyl adjacent to an activating group) is 1. The average molecular weight is 294 g/mol. The topological polar surface area (TPSA) is 63.4 Å². The molecule has 1 fully saturated rings. The van der Waals surface area contributed by atoms with Crippen LogP contribution in [0.4, 0.5) is 0 Å². The lowest BCUT2D eigenvalue weighted by Crippen LogP contribution is -2.44. The second kappa shape index (κ2) is 6.45. The number of nitrogens with one attached hydrogen (secondary N) is 1. The number of hydrogen-bond acceptors (Lipinski definition) is 7. The molecule has 0 aliphatic carbocycles. The van der Waals surface area contributed by atoms with E-state index >= 15 is 0 Å². The minimum Gasteiger partial charge on any atom is -0.419 e. The summed E-state index contributed by atoms with van der Waals surface area (Å²) in [6, 6.07) is 3.95. The molecule has 0 amide bonds. The quantitative estimate of drug-likeness (QED) is 0.894. The maximum atomic E-state index is 5.68. The highest BCUT2D eigenvalue weighted by atomic mass is 32.1. The van der Waals surface area contributed by atoms with Crippen molar-refractivity contribution in [2.24, 2.45) is 0 Å². The second-order valence-corrected chi connectivity index (χ2v) is 5.82. The Kier molecular flexibility index (Phi) is 4.41. The van der Waals surface area contributed by atoms with Gasteiger partial charge in [0, 0.05) is 19.6 Å². The molecule has 1 unspecified atom stereocenters. The van der Waals surface area contributed by atoms with Crippen molar-refractivity contribution >= 4 is 11.3 Å². The summed E-state index contributed by atoms with van der Waals surface area (Å²) in [6.45, 7) is 4.10. The number of hydrogen-bond donors (Lipinski definition) is 1. The van der Waals surface area contributed by atoms with Crippen molar-refractivity contribution in [3.05, 3.63) is 23.4 Å². The van der Waals surface area contributed by atoms with E-state index in [0.29, 0.717) is 18.3 Å². The third kappa shape index (κ3) is 3.43. The van der Waals surface area contributed by atoms with Crippen molar-refractivity contribution in [3.63, 3.8) is 0 Å². The van der Waals surface area contributed by atoms with E-state index < -0.39 is 0 Å². The highest BCUT2D eigenvalue weighted by Gasteiger charge is 2.17. The Morgan fingerprint density at radius 3 is 3.20 bits per heavy atom. The number of aromatic nitrogens is 2. The summed E-state index contributed by atoms with van der Waals surface area (Å²) in [4.78, 5) is 3.15. The van der Waals surface area contributed by atoms with E-state index in [0.717, 1.165) is 31.1 Å². The predicted octanol–water partition coefficient (Wildman–Crippen LogP) is 1.22. The summed E-state index contributed by atoms with van der Waals surface area (Å²) >= 11 is 1.60. The fourth-order valence-electron chi connectivity index (χ4n) is 2.20. The lowest BCUT2D eigenvalue weighted by Gasteiger charge is -2.27. The summed E-state index contributed by atoms with van der Waals surface area (Å²) in [5.41, 5.74) is 0. The summed E-state index contributed by atoms with van der Waals surface area (Å²) in [5, 5.41) is 13.5. The third-order valence-electron chi connectivity index (χ3n) is 3.12. The Labute approximate surface area is 121 Å². The Balaban J connectivity index is 1.54. The smallest absolute Gasteiger partial charge is 0.257 e. The van der Waals surface area contributed by atoms with Gasteiger partial charge in [-0.05, 0) is 18.5 Å². The van der Waals surface area contributed by atoms with Crippen LogP contribution in [0.5, 0.6) is 0 Å². The van der Waals surface area contributed by atoms with Gasteiger partial charge in [-0.3, -0.25) is 4.90 Å². The molecule has 108 valence electrons. The van der Waals surface area contributed by atoms with Crippen LogP contribution in [0, 0.1) is 0 Å². The van der Waals surface area contributed by atoms with Gasteiger partial charge in [-0.1, -0.05) is 6.07 Å². The van der Waals surface area contributed by atoms with Gasteiger partial charge in [0.1, 0.15) is 0 Å². The van der Waals surface area contributed by atoms with Crippen LogP contribution in [-0.4, -0.2) is 54.5 Å². The van der Waals surface area contributed by atoms with E-state index in [2.05, 4.69) is 20.4 Å². The monoisotopic (exact) mass is 294 g/mol. The van der Waals surface area contributed by atoms with Crippen molar-refractivity contribution in [2.45, 2.75) is 12.6 Å². The highest BCUT2D eigenvalue weighted by Crippen LogP contribution is 2.23. The van der Waals surface area contributed by atoms with Gasteiger partial charge in [0.05, 0.1) is 24.1 Å². The zero-order valence-corrected chi connectivity index (χ0v) is 12.2. The predicted molar refractivity (Wildman–Crippen MR) is 76.6 cm³/mol. The first-order valence-corrected chi connectivity index (χ1v) is 7.56. The lowest BCUT2D eigenvalue weighted by atomic mass is 10.3. The van der Waals surface area contributed by atoms with Crippen molar-refractivity contribution in [1.29, 1.82) is 0 Å². The Morgan fingerprint density at radius 2 is 2.45 bits per heavy atom. The van der Waals surface area contributed by atoms with Crippen LogP contribution < -0.4 is 5.32 Å². The van der Waals surface area contributed by atoms with Crippen molar-refractivity contribution in [3.8, 4) is 10.8 Å². The summed E-state index contributed by atoms with van der Waals surface area (Å²) in [7, 11) is 2.03. The molecule has 0 aromatic carbocycles. The van der Waals surface area contributed by atoms with E-state index in [4.69, 9.17) is 9.15 Å². The van der Waals surface area contributed by atoms with Crippen LogP contribution >= 0.6 is 11.3 Å². The lowest BCUT2D eigenvalue weighted by molar-refractivity contribution is 0.00775. The molecular weight excluding hydrogens is 276 g/mol. The largest absolute Gasteiger partial charge is 0.419 e. The van der Waals surface area contributed by atoms with Gasteiger partial charge in [-0.25, -0.2) is 0 Å². The first kappa shape index (κ1) is 13.7. The van der Waals surface area contributed by atoms with Gasteiger partial charge in [0.15, 0.2) is 0 Å². The molecule has 0 spiro atoms. The Bertz CT molecular complexity index is 522. The third-order valence-corrected chi connectivity index (χ3v) is 3.98. The molecule has 3 heterocycles. The average Bonchev–Trinajstić information content (AvgIpc) is 3.10. The molecule has 6 nitrogen and oxygen atoms in total. The molecule has 7 heteroatoms. The zero-order chi connectivity index (χ0) is 13.8. The van der Waals surface area contributed by atoms with Crippen molar-refractivity contribution in [1.82, 2.24) is 20.4 Å². The molecule has 1 aliphatic rings. The van der Waals surface area contributed by atoms with Gasteiger partial charge < -0.3 is 14.5 Å². The fraction of sp³-hybridized carbons (Fsp3) is 0.538. The minimum absolute atomic E-state index is 0.230. The van der Waals surface area contributed by atoms with Crippen molar-refractivity contribution < 1.29 is 9.15 Å². The first-order chi connectivity index (χ1) is 9.81. The molecule has 0 saturated carbocycles. The second-order valence-electron chi connectivity index (χ2n) is 4.87. The van der Waals surface area contributed by atoms with E-state index in [1.54, 1.807) is 11.3 Å².